The van der Waals surface area contributed by atoms with Crippen molar-refractivity contribution < 1.29 is 4.79 Å². The van der Waals surface area contributed by atoms with Crippen LogP contribution in [-0.2, 0) is 4.79 Å². The fourth-order valence-electron chi connectivity index (χ4n) is 3.01. The maximum Gasteiger partial charge on any atom is 0.227 e. The summed E-state index contributed by atoms with van der Waals surface area (Å²) in [5.74, 6) is 0.618. The van der Waals surface area contributed by atoms with Crippen LogP contribution >= 0.6 is 0 Å². The highest BCUT2D eigenvalue weighted by atomic mass is 16.2. The van der Waals surface area contributed by atoms with Gasteiger partial charge in [-0.1, -0.05) is 12.8 Å². The van der Waals surface area contributed by atoms with Crippen LogP contribution in [0, 0.1) is 5.92 Å². The summed E-state index contributed by atoms with van der Waals surface area (Å²) in [5, 5.41) is 3.37. The number of hydrogen-bond donors (Lipinski definition) is 1. The smallest absolute Gasteiger partial charge is 0.227 e. The van der Waals surface area contributed by atoms with E-state index >= 15 is 0 Å². The lowest BCUT2D eigenvalue weighted by molar-refractivity contribution is -0.137. The van der Waals surface area contributed by atoms with Gasteiger partial charge in [0.05, 0.1) is 5.92 Å². The van der Waals surface area contributed by atoms with Gasteiger partial charge in [0.15, 0.2) is 0 Å². The van der Waals surface area contributed by atoms with Gasteiger partial charge in [-0.05, 0) is 39.7 Å². The monoisotopic (exact) mass is 224 g/mol. The Morgan fingerprint density at radius 3 is 2.69 bits per heavy atom. The average molecular weight is 224 g/mol. The molecule has 3 heteroatoms. The number of carbonyl (C=O) groups excluding carboxylic acids is 1. The molecule has 0 saturated carbocycles. The predicted molar refractivity (Wildman–Crippen MR) is 65.2 cm³/mol. The van der Waals surface area contributed by atoms with Gasteiger partial charge < -0.3 is 10.2 Å². The number of likely N-dealkylation sites (tertiary alicyclic amines) is 1. The molecule has 0 radical (unpaired) electrons. The van der Waals surface area contributed by atoms with Gasteiger partial charge in [0, 0.05) is 18.6 Å². The van der Waals surface area contributed by atoms with Gasteiger partial charge in [-0.15, -0.1) is 0 Å². The Kier molecular flexibility index (Phi) is 3.85. The molecule has 2 saturated heterocycles. The summed E-state index contributed by atoms with van der Waals surface area (Å²) in [5.41, 5.74) is 0. The highest BCUT2D eigenvalue weighted by Crippen LogP contribution is 2.23. The third-order valence-corrected chi connectivity index (χ3v) is 4.18. The first-order chi connectivity index (χ1) is 7.70. The second-order valence-electron chi connectivity index (χ2n) is 5.37. The first kappa shape index (κ1) is 11.9. The van der Waals surface area contributed by atoms with E-state index < -0.39 is 0 Å². The largest absolute Gasteiger partial charge is 0.340 e. The van der Waals surface area contributed by atoms with E-state index in [4.69, 9.17) is 0 Å². The minimum Gasteiger partial charge on any atom is -0.340 e. The normalized spacial score (nSPS) is 36.1. The minimum atomic E-state index is 0.223. The Hall–Kier alpha value is -0.570. The fraction of sp³-hybridized carbons (Fsp3) is 0.923. The van der Waals surface area contributed by atoms with Crippen molar-refractivity contribution in [2.75, 3.05) is 13.1 Å². The molecule has 0 aromatic rings. The molecule has 2 rings (SSSR count). The van der Waals surface area contributed by atoms with Gasteiger partial charge in [-0.2, -0.15) is 0 Å². The molecule has 3 atom stereocenters. The van der Waals surface area contributed by atoms with Crippen molar-refractivity contribution in [3.05, 3.63) is 0 Å². The van der Waals surface area contributed by atoms with Crippen molar-refractivity contribution in [2.24, 2.45) is 5.92 Å². The van der Waals surface area contributed by atoms with Crippen LogP contribution in [0.5, 0.6) is 0 Å². The van der Waals surface area contributed by atoms with E-state index in [1.54, 1.807) is 0 Å². The fourth-order valence-corrected chi connectivity index (χ4v) is 3.01. The zero-order valence-corrected chi connectivity index (χ0v) is 10.5. The van der Waals surface area contributed by atoms with E-state index in [2.05, 4.69) is 24.1 Å². The number of nitrogens with one attached hydrogen (secondary N) is 1. The highest BCUT2D eigenvalue weighted by Gasteiger charge is 2.34. The number of carbonyl (C=O) groups is 1. The van der Waals surface area contributed by atoms with Crippen molar-refractivity contribution in [3.8, 4) is 0 Å². The lowest BCUT2D eigenvalue weighted by Gasteiger charge is -2.30. The van der Waals surface area contributed by atoms with Crippen LogP contribution in [0.2, 0.25) is 0 Å². The minimum absolute atomic E-state index is 0.223. The van der Waals surface area contributed by atoms with E-state index in [9.17, 15) is 4.79 Å². The molecule has 2 aliphatic heterocycles. The predicted octanol–water partition coefficient (Wildman–Crippen LogP) is 1.78. The molecule has 2 heterocycles. The molecule has 3 unspecified atom stereocenters. The number of rotatable bonds is 1. The Balaban J connectivity index is 2.01. The van der Waals surface area contributed by atoms with Crippen molar-refractivity contribution in [3.63, 3.8) is 0 Å². The highest BCUT2D eigenvalue weighted by molar-refractivity contribution is 5.80. The van der Waals surface area contributed by atoms with Crippen LogP contribution < -0.4 is 5.32 Å². The summed E-state index contributed by atoms with van der Waals surface area (Å²) < 4.78 is 0. The van der Waals surface area contributed by atoms with Gasteiger partial charge in [0.2, 0.25) is 5.91 Å². The standard InChI is InChI=1S/C13H24N2O/c1-10-6-4-3-5-9-15(10)13(16)12-7-8-14-11(12)2/h10-12,14H,3-9H2,1-2H3. The average Bonchev–Trinajstić information content (AvgIpc) is 2.56. The zero-order valence-electron chi connectivity index (χ0n) is 10.5. The van der Waals surface area contributed by atoms with E-state index in [-0.39, 0.29) is 5.92 Å². The molecule has 0 aromatic heterocycles. The molecular weight excluding hydrogens is 200 g/mol. The van der Waals surface area contributed by atoms with Crippen LogP contribution in [0.15, 0.2) is 0 Å². The third kappa shape index (κ3) is 2.40. The molecule has 16 heavy (non-hydrogen) atoms. The first-order valence-electron chi connectivity index (χ1n) is 6.74. The van der Waals surface area contributed by atoms with Gasteiger partial charge in [-0.25, -0.2) is 0 Å². The van der Waals surface area contributed by atoms with Crippen LogP contribution in [-0.4, -0.2) is 36.0 Å². The Morgan fingerprint density at radius 1 is 1.19 bits per heavy atom. The van der Waals surface area contributed by atoms with Crippen molar-refractivity contribution >= 4 is 5.91 Å². The summed E-state index contributed by atoms with van der Waals surface area (Å²) in [6.07, 6.45) is 5.95. The van der Waals surface area contributed by atoms with Gasteiger partial charge in [-0.3, -0.25) is 4.79 Å². The topological polar surface area (TPSA) is 32.3 Å². The SMILES string of the molecule is CC1NCCC1C(=O)N1CCCCCC1C. The van der Waals surface area contributed by atoms with Crippen LogP contribution in [0.3, 0.4) is 0 Å². The molecular formula is C13H24N2O. The Morgan fingerprint density at radius 2 is 2.00 bits per heavy atom. The summed E-state index contributed by atoms with van der Waals surface area (Å²) in [6.45, 7) is 6.32. The Bertz CT molecular complexity index is 254. The molecule has 0 spiro atoms. The summed E-state index contributed by atoms with van der Waals surface area (Å²) >= 11 is 0. The summed E-state index contributed by atoms with van der Waals surface area (Å²) in [4.78, 5) is 14.6. The number of nitrogens with zero attached hydrogens (tertiary/aromatic N) is 1. The molecule has 1 N–H and O–H groups in total. The van der Waals surface area contributed by atoms with Crippen LogP contribution in [0.4, 0.5) is 0 Å². The maximum absolute atomic E-state index is 12.5. The van der Waals surface area contributed by atoms with E-state index in [0.29, 0.717) is 18.0 Å². The number of amides is 1. The zero-order chi connectivity index (χ0) is 11.5. The lowest BCUT2D eigenvalue weighted by Crippen LogP contribution is -2.44. The maximum atomic E-state index is 12.5. The van der Waals surface area contributed by atoms with E-state index in [1.807, 2.05) is 0 Å². The lowest BCUT2D eigenvalue weighted by atomic mass is 9.99. The van der Waals surface area contributed by atoms with Gasteiger partial charge in [0.25, 0.3) is 0 Å². The second-order valence-corrected chi connectivity index (χ2v) is 5.37. The first-order valence-corrected chi connectivity index (χ1v) is 6.74. The molecule has 1 amide bonds. The number of hydrogen-bond acceptors (Lipinski definition) is 2. The molecule has 2 aliphatic rings. The van der Waals surface area contributed by atoms with Crippen molar-refractivity contribution in [2.45, 2.75) is 58.0 Å². The molecule has 3 nitrogen and oxygen atoms in total. The molecule has 0 bridgehead atoms. The Labute approximate surface area is 98.6 Å². The second kappa shape index (κ2) is 5.17. The quantitative estimate of drug-likeness (QED) is 0.736. The van der Waals surface area contributed by atoms with Gasteiger partial charge >= 0.3 is 0 Å². The summed E-state index contributed by atoms with van der Waals surface area (Å²) in [7, 11) is 0. The van der Waals surface area contributed by atoms with Crippen molar-refractivity contribution in [1.82, 2.24) is 10.2 Å². The van der Waals surface area contributed by atoms with E-state index in [1.165, 1.54) is 25.7 Å². The van der Waals surface area contributed by atoms with E-state index in [0.717, 1.165) is 19.5 Å². The van der Waals surface area contributed by atoms with Crippen LogP contribution in [0.1, 0.15) is 46.0 Å². The molecule has 0 aromatic carbocycles. The molecule has 92 valence electrons. The molecule has 0 aliphatic carbocycles. The van der Waals surface area contributed by atoms with Crippen LogP contribution in [0.25, 0.3) is 0 Å². The van der Waals surface area contributed by atoms with Crippen molar-refractivity contribution in [1.29, 1.82) is 0 Å². The summed E-state index contributed by atoms with van der Waals surface area (Å²) in [6, 6.07) is 0.811. The third-order valence-electron chi connectivity index (χ3n) is 4.18. The molecule has 2 fully saturated rings. The van der Waals surface area contributed by atoms with Gasteiger partial charge in [0.1, 0.15) is 0 Å².